The zero-order valence-corrected chi connectivity index (χ0v) is 10.9. The number of hydrogen-bond donors (Lipinski definition) is 0. The van der Waals surface area contributed by atoms with Crippen molar-refractivity contribution in [2.24, 2.45) is 5.92 Å². The summed E-state index contributed by atoms with van der Waals surface area (Å²) in [6.45, 7) is 9.57. The third kappa shape index (κ3) is 4.65. The molecule has 0 saturated heterocycles. The van der Waals surface area contributed by atoms with Crippen LogP contribution in [0.5, 0.6) is 5.88 Å². The van der Waals surface area contributed by atoms with E-state index in [4.69, 9.17) is 4.74 Å². The third-order valence-corrected chi connectivity index (χ3v) is 2.60. The lowest BCUT2D eigenvalue weighted by Gasteiger charge is -2.08. The van der Waals surface area contributed by atoms with Crippen LogP contribution in [0, 0.1) is 5.92 Å². The van der Waals surface area contributed by atoms with E-state index < -0.39 is 0 Å². The van der Waals surface area contributed by atoms with Gasteiger partial charge in [0.25, 0.3) is 0 Å². The molecule has 0 fully saturated rings. The van der Waals surface area contributed by atoms with Crippen molar-refractivity contribution < 1.29 is 4.74 Å². The highest BCUT2D eigenvalue weighted by Crippen LogP contribution is 2.15. The Balaban J connectivity index is 2.32. The minimum absolute atomic E-state index is 0.530. The maximum absolute atomic E-state index is 5.58. The largest absolute Gasteiger partial charge is 0.478 e. The molecule has 0 aromatic carbocycles. The molecule has 1 aromatic rings. The number of ether oxygens (including phenoxy) is 1. The van der Waals surface area contributed by atoms with Crippen molar-refractivity contribution in [2.45, 2.75) is 46.5 Å². The molecule has 0 saturated carbocycles. The van der Waals surface area contributed by atoms with Gasteiger partial charge in [0.15, 0.2) is 0 Å². The van der Waals surface area contributed by atoms with Gasteiger partial charge in [-0.05, 0) is 30.2 Å². The molecule has 1 aromatic heterocycles. The molecule has 0 N–H and O–H groups in total. The Hall–Kier alpha value is -1.05. The van der Waals surface area contributed by atoms with Crippen LogP contribution in [0.1, 0.15) is 52.0 Å². The second-order valence-electron chi connectivity index (χ2n) is 4.97. The van der Waals surface area contributed by atoms with E-state index in [2.05, 4.69) is 38.7 Å². The van der Waals surface area contributed by atoms with E-state index in [1.807, 2.05) is 12.3 Å². The Labute approximate surface area is 99.0 Å². The van der Waals surface area contributed by atoms with Gasteiger partial charge in [0.05, 0.1) is 6.61 Å². The van der Waals surface area contributed by atoms with Crippen LogP contribution in [-0.2, 0) is 0 Å². The Morgan fingerprint density at radius 1 is 1.19 bits per heavy atom. The molecule has 2 nitrogen and oxygen atoms in total. The van der Waals surface area contributed by atoms with Crippen LogP contribution in [-0.4, -0.2) is 11.6 Å². The van der Waals surface area contributed by atoms with Gasteiger partial charge in [-0.25, -0.2) is 4.98 Å². The molecule has 2 heteroatoms. The zero-order chi connectivity index (χ0) is 12.0. The first-order chi connectivity index (χ1) is 7.59. The van der Waals surface area contributed by atoms with Crippen molar-refractivity contribution in [3.05, 3.63) is 23.9 Å². The monoisotopic (exact) mass is 221 g/mol. The summed E-state index contributed by atoms with van der Waals surface area (Å²) >= 11 is 0. The Morgan fingerprint density at radius 2 is 1.94 bits per heavy atom. The first kappa shape index (κ1) is 13.0. The second kappa shape index (κ2) is 6.51. The van der Waals surface area contributed by atoms with Gasteiger partial charge < -0.3 is 4.74 Å². The predicted octanol–water partition coefficient (Wildman–Crippen LogP) is 4.02. The molecule has 1 heterocycles. The maximum atomic E-state index is 5.58. The molecule has 0 radical (unpaired) electrons. The van der Waals surface area contributed by atoms with E-state index in [0.717, 1.165) is 24.8 Å². The average Bonchev–Trinajstić information content (AvgIpc) is 2.25. The smallest absolute Gasteiger partial charge is 0.213 e. The molecule has 0 amide bonds. The number of aromatic nitrogens is 1. The lowest BCUT2D eigenvalue weighted by atomic mass is 10.1. The van der Waals surface area contributed by atoms with Crippen molar-refractivity contribution in [2.75, 3.05) is 6.61 Å². The molecule has 90 valence electrons. The summed E-state index contributed by atoms with van der Waals surface area (Å²) in [4.78, 5) is 4.29. The van der Waals surface area contributed by atoms with Crippen LogP contribution in [0.25, 0.3) is 0 Å². The molecule has 0 aliphatic heterocycles. The quantitative estimate of drug-likeness (QED) is 0.677. The summed E-state index contributed by atoms with van der Waals surface area (Å²) in [6, 6.07) is 4.06. The fourth-order valence-corrected chi connectivity index (χ4v) is 1.49. The number of nitrogens with zero attached hydrogens (tertiary/aromatic N) is 1. The van der Waals surface area contributed by atoms with Gasteiger partial charge in [0.2, 0.25) is 5.88 Å². The van der Waals surface area contributed by atoms with Crippen LogP contribution in [0.4, 0.5) is 0 Å². The fraction of sp³-hybridized carbons (Fsp3) is 0.643. The van der Waals surface area contributed by atoms with Gasteiger partial charge in [-0.3, -0.25) is 0 Å². The lowest BCUT2D eigenvalue weighted by molar-refractivity contribution is 0.287. The first-order valence-electron chi connectivity index (χ1n) is 6.18. The first-order valence-corrected chi connectivity index (χ1v) is 6.18. The van der Waals surface area contributed by atoms with Gasteiger partial charge in [-0.2, -0.15) is 0 Å². The molecular weight excluding hydrogens is 198 g/mol. The average molecular weight is 221 g/mol. The molecule has 0 bridgehead atoms. The lowest BCUT2D eigenvalue weighted by Crippen LogP contribution is -2.01. The van der Waals surface area contributed by atoms with Gasteiger partial charge in [-0.1, -0.05) is 33.8 Å². The Morgan fingerprint density at radius 3 is 2.44 bits per heavy atom. The maximum Gasteiger partial charge on any atom is 0.213 e. The van der Waals surface area contributed by atoms with Crippen LogP contribution in [0.15, 0.2) is 18.3 Å². The summed E-state index contributed by atoms with van der Waals surface area (Å²) in [5, 5.41) is 0. The second-order valence-corrected chi connectivity index (χ2v) is 4.97. The van der Waals surface area contributed by atoms with Gasteiger partial charge >= 0.3 is 0 Å². The van der Waals surface area contributed by atoms with Crippen LogP contribution < -0.4 is 4.74 Å². The van der Waals surface area contributed by atoms with Crippen LogP contribution in [0.3, 0.4) is 0 Å². The minimum Gasteiger partial charge on any atom is -0.478 e. The molecular formula is C14H23NO. The van der Waals surface area contributed by atoms with Crippen LogP contribution in [0.2, 0.25) is 0 Å². The van der Waals surface area contributed by atoms with Gasteiger partial charge in [-0.15, -0.1) is 0 Å². The van der Waals surface area contributed by atoms with Crippen molar-refractivity contribution >= 4 is 0 Å². The standard InChI is InChI=1S/C14H23NO/c1-11(2)6-5-9-16-14-8-7-13(10-15-14)12(3)4/h7-8,10-12H,5-6,9H2,1-4H3. The zero-order valence-electron chi connectivity index (χ0n) is 10.9. The van der Waals surface area contributed by atoms with Crippen molar-refractivity contribution in [1.29, 1.82) is 0 Å². The van der Waals surface area contributed by atoms with E-state index in [-0.39, 0.29) is 0 Å². The summed E-state index contributed by atoms with van der Waals surface area (Å²) in [5.41, 5.74) is 1.26. The number of pyridine rings is 1. The molecule has 0 spiro atoms. The van der Waals surface area contributed by atoms with E-state index in [0.29, 0.717) is 5.92 Å². The highest BCUT2D eigenvalue weighted by atomic mass is 16.5. The van der Waals surface area contributed by atoms with E-state index in [1.165, 1.54) is 12.0 Å². The summed E-state index contributed by atoms with van der Waals surface area (Å²) in [6.07, 6.45) is 4.22. The van der Waals surface area contributed by atoms with Crippen molar-refractivity contribution in [3.8, 4) is 5.88 Å². The van der Waals surface area contributed by atoms with E-state index in [9.17, 15) is 0 Å². The van der Waals surface area contributed by atoms with E-state index >= 15 is 0 Å². The summed E-state index contributed by atoms with van der Waals surface area (Å²) < 4.78 is 5.58. The molecule has 0 aliphatic carbocycles. The van der Waals surface area contributed by atoms with Gasteiger partial charge in [0, 0.05) is 12.3 Å². The number of rotatable bonds is 6. The van der Waals surface area contributed by atoms with Gasteiger partial charge in [0.1, 0.15) is 0 Å². The molecule has 1 rings (SSSR count). The van der Waals surface area contributed by atoms with Crippen LogP contribution >= 0.6 is 0 Å². The highest BCUT2D eigenvalue weighted by Gasteiger charge is 2.01. The normalized spacial score (nSPS) is 11.1. The summed E-state index contributed by atoms with van der Waals surface area (Å²) in [7, 11) is 0. The minimum atomic E-state index is 0.530. The topological polar surface area (TPSA) is 22.1 Å². The fourth-order valence-electron chi connectivity index (χ4n) is 1.49. The predicted molar refractivity (Wildman–Crippen MR) is 67.9 cm³/mol. The number of hydrogen-bond acceptors (Lipinski definition) is 2. The molecule has 0 unspecified atom stereocenters. The SMILES string of the molecule is CC(C)CCCOc1ccc(C(C)C)cn1. The third-order valence-electron chi connectivity index (χ3n) is 2.60. The van der Waals surface area contributed by atoms with E-state index in [1.54, 1.807) is 0 Å². The molecule has 0 aliphatic rings. The summed E-state index contributed by atoms with van der Waals surface area (Å²) in [5.74, 6) is 2.02. The Kier molecular flexibility index (Phi) is 5.30. The Bertz CT molecular complexity index is 290. The highest BCUT2D eigenvalue weighted by molar-refractivity contribution is 5.20. The van der Waals surface area contributed by atoms with Crippen molar-refractivity contribution in [1.82, 2.24) is 4.98 Å². The molecule has 16 heavy (non-hydrogen) atoms. The molecule has 0 atom stereocenters. The van der Waals surface area contributed by atoms with Crippen molar-refractivity contribution in [3.63, 3.8) is 0 Å².